The molecule has 1 aromatic rings. The van der Waals surface area contributed by atoms with Crippen molar-refractivity contribution in [3.05, 3.63) is 41.5 Å². The van der Waals surface area contributed by atoms with E-state index in [1.807, 2.05) is 30.0 Å². The minimum Gasteiger partial charge on any atom is -0.478 e. The zero-order valence-corrected chi connectivity index (χ0v) is 12.7. The van der Waals surface area contributed by atoms with Crippen LogP contribution in [-0.2, 0) is 10.5 Å². The third-order valence-electron chi connectivity index (χ3n) is 3.82. The summed E-state index contributed by atoms with van der Waals surface area (Å²) in [5.74, 6) is 0.925. The summed E-state index contributed by atoms with van der Waals surface area (Å²) >= 11 is 2.02. The van der Waals surface area contributed by atoms with Crippen LogP contribution in [0.3, 0.4) is 0 Å². The molecule has 2 atom stereocenters. The van der Waals surface area contributed by atoms with E-state index in [-0.39, 0.29) is 0 Å². The third-order valence-corrected chi connectivity index (χ3v) is 5.20. The van der Waals surface area contributed by atoms with Gasteiger partial charge < -0.3 is 5.11 Å². The van der Waals surface area contributed by atoms with Crippen LogP contribution in [0.1, 0.15) is 43.7 Å². The molecular weight excluding hydrogens is 268 g/mol. The molecule has 2 unspecified atom stereocenters. The Hall–Kier alpha value is -1.22. The quantitative estimate of drug-likeness (QED) is 0.805. The Labute approximate surface area is 125 Å². The fourth-order valence-corrected chi connectivity index (χ4v) is 4.20. The second-order valence-corrected chi connectivity index (χ2v) is 6.86. The van der Waals surface area contributed by atoms with Gasteiger partial charge in [-0.2, -0.15) is 11.8 Å². The van der Waals surface area contributed by atoms with Crippen molar-refractivity contribution < 1.29 is 9.90 Å². The fourth-order valence-electron chi connectivity index (χ4n) is 2.73. The monoisotopic (exact) mass is 290 g/mol. The van der Waals surface area contributed by atoms with Gasteiger partial charge in [-0.25, -0.2) is 4.79 Å². The standard InChI is InChI=1S/C17H22O2S/c1-13-5-4-8-16(11-13)20-12-15-7-3-2-6-14(15)9-10-17(18)19/h2-3,6-7,9-10,13,16H,4-5,8,11-12H2,1H3,(H,18,19). The van der Waals surface area contributed by atoms with Crippen molar-refractivity contribution >= 4 is 23.8 Å². The van der Waals surface area contributed by atoms with E-state index in [0.717, 1.165) is 22.5 Å². The van der Waals surface area contributed by atoms with Gasteiger partial charge in [-0.15, -0.1) is 0 Å². The summed E-state index contributed by atoms with van der Waals surface area (Å²) in [7, 11) is 0. The summed E-state index contributed by atoms with van der Waals surface area (Å²) in [6.07, 6.45) is 8.27. The Kier molecular flexibility index (Phi) is 5.72. The molecule has 108 valence electrons. The molecule has 1 saturated carbocycles. The summed E-state index contributed by atoms with van der Waals surface area (Å²) in [5.41, 5.74) is 2.25. The summed E-state index contributed by atoms with van der Waals surface area (Å²) in [6.45, 7) is 2.34. The number of carbonyl (C=O) groups is 1. The molecule has 1 aromatic carbocycles. The average Bonchev–Trinajstić information content (AvgIpc) is 2.44. The van der Waals surface area contributed by atoms with Crippen molar-refractivity contribution in [3.8, 4) is 0 Å². The van der Waals surface area contributed by atoms with E-state index in [2.05, 4.69) is 13.0 Å². The Morgan fingerprint density at radius 1 is 1.40 bits per heavy atom. The molecule has 0 saturated heterocycles. The van der Waals surface area contributed by atoms with Crippen molar-refractivity contribution in [2.75, 3.05) is 0 Å². The summed E-state index contributed by atoms with van der Waals surface area (Å²) in [5, 5.41) is 9.50. The van der Waals surface area contributed by atoms with Gasteiger partial charge in [0.05, 0.1) is 0 Å². The Morgan fingerprint density at radius 2 is 2.20 bits per heavy atom. The van der Waals surface area contributed by atoms with Gasteiger partial charge in [0.15, 0.2) is 0 Å². The van der Waals surface area contributed by atoms with Crippen LogP contribution in [0.15, 0.2) is 30.3 Å². The first-order chi connectivity index (χ1) is 9.65. The smallest absolute Gasteiger partial charge is 0.328 e. The molecule has 2 nitrogen and oxygen atoms in total. The normalized spacial score (nSPS) is 23.1. The second-order valence-electron chi connectivity index (χ2n) is 5.58. The maximum Gasteiger partial charge on any atom is 0.328 e. The Bertz CT molecular complexity index is 482. The maximum atomic E-state index is 10.6. The molecule has 0 spiro atoms. The van der Waals surface area contributed by atoms with E-state index in [0.29, 0.717) is 0 Å². The first-order valence-corrected chi connectivity index (χ1v) is 8.30. The van der Waals surface area contributed by atoms with Gasteiger partial charge >= 0.3 is 5.97 Å². The number of aliphatic carboxylic acids is 1. The number of thioether (sulfide) groups is 1. The predicted octanol–water partition coefficient (Wildman–Crippen LogP) is 4.60. The van der Waals surface area contributed by atoms with E-state index in [1.165, 1.54) is 37.3 Å². The molecule has 0 amide bonds. The number of hydrogen-bond donors (Lipinski definition) is 1. The van der Waals surface area contributed by atoms with Gasteiger partial charge in [0, 0.05) is 17.1 Å². The number of carboxylic acids is 1. The molecule has 0 aromatic heterocycles. The summed E-state index contributed by atoms with van der Waals surface area (Å²) < 4.78 is 0. The molecule has 0 bridgehead atoms. The van der Waals surface area contributed by atoms with Crippen LogP contribution in [0.5, 0.6) is 0 Å². The Morgan fingerprint density at radius 3 is 2.95 bits per heavy atom. The van der Waals surface area contributed by atoms with Gasteiger partial charge in [0.1, 0.15) is 0 Å². The summed E-state index contributed by atoms with van der Waals surface area (Å²) in [4.78, 5) is 10.6. The molecule has 20 heavy (non-hydrogen) atoms. The second kappa shape index (κ2) is 7.53. The molecule has 0 radical (unpaired) electrons. The molecular formula is C17H22O2S. The first-order valence-electron chi connectivity index (χ1n) is 7.25. The lowest BCUT2D eigenvalue weighted by molar-refractivity contribution is -0.131. The molecule has 2 rings (SSSR count). The lowest BCUT2D eigenvalue weighted by atomic mass is 9.91. The van der Waals surface area contributed by atoms with Gasteiger partial charge in [-0.1, -0.05) is 44.0 Å². The minimum atomic E-state index is -0.895. The van der Waals surface area contributed by atoms with Crippen molar-refractivity contribution in [1.82, 2.24) is 0 Å². The van der Waals surface area contributed by atoms with E-state index in [4.69, 9.17) is 5.11 Å². The van der Waals surface area contributed by atoms with E-state index in [1.54, 1.807) is 6.08 Å². The molecule has 1 N–H and O–H groups in total. The number of carboxylic acid groups (broad SMARTS) is 1. The van der Waals surface area contributed by atoms with Gasteiger partial charge in [0.25, 0.3) is 0 Å². The molecule has 3 heteroatoms. The predicted molar refractivity (Wildman–Crippen MR) is 85.8 cm³/mol. The van der Waals surface area contributed by atoms with Gasteiger partial charge in [0.2, 0.25) is 0 Å². The highest BCUT2D eigenvalue weighted by Crippen LogP contribution is 2.34. The van der Waals surface area contributed by atoms with Crippen LogP contribution in [0, 0.1) is 5.92 Å². The molecule has 1 fully saturated rings. The first kappa shape index (κ1) is 15.2. The number of hydrogen-bond acceptors (Lipinski definition) is 2. The van der Waals surface area contributed by atoms with Crippen molar-refractivity contribution in [3.63, 3.8) is 0 Å². The van der Waals surface area contributed by atoms with Crippen LogP contribution in [0.4, 0.5) is 0 Å². The SMILES string of the molecule is CC1CCCC(SCc2ccccc2C=CC(=O)O)C1. The van der Waals surface area contributed by atoms with Crippen LogP contribution in [0.2, 0.25) is 0 Å². The number of rotatable bonds is 5. The largest absolute Gasteiger partial charge is 0.478 e. The molecule has 1 aliphatic carbocycles. The highest BCUT2D eigenvalue weighted by molar-refractivity contribution is 7.99. The topological polar surface area (TPSA) is 37.3 Å². The van der Waals surface area contributed by atoms with Crippen LogP contribution >= 0.6 is 11.8 Å². The van der Waals surface area contributed by atoms with E-state index < -0.39 is 5.97 Å². The van der Waals surface area contributed by atoms with Gasteiger partial charge in [-0.3, -0.25) is 0 Å². The Balaban J connectivity index is 1.96. The lowest BCUT2D eigenvalue weighted by Gasteiger charge is -2.26. The van der Waals surface area contributed by atoms with Crippen molar-refractivity contribution in [1.29, 1.82) is 0 Å². The highest BCUT2D eigenvalue weighted by Gasteiger charge is 2.19. The van der Waals surface area contributed by atoms with Crippen LogP contribution in [0.25, 0.3) is 6.08 Å². The molecule has 0 heterocycles. The van der Waals surface area contributed by atoms with Crippen molar-refractivity contribution in [2.24, 2.45) is 5.92 Å². The van der Waals surface area contributed by atoms with Crippen molar-refractivity contribution in [2.45, 2.75) is 43.6 Å². The summed E-state index contributed by atoms with van der Waals surface area (Å²) in [6, 6.07) is 8.06. The molecule has 1 aliphatic rings. The highest BCUT2D eigenvalue weighted by atomic mass is 32.2. The van der Waals surface area contributed by atoms with Crippen LogP contribution < -0.4 is 0 Å². The van der Waals surface area contributed by atoms with Gasteiger partial charge in [-0.05, 0) is 36.0 Å². The maximum absolute atomic E-state index is 10.6. The fraction of sp³-hybridized carbons (Fsp3) is 0.471. The number of benzene rings is 1. The molecule has 0 aliphatic heterocycles. The average molecular weight is 290 g/mol. The van der Waals surface area contributed by atoms with Crippen LogP contribution in [-0.4, -0.2) is 16.3 Å². The lowest BCUT2D eigenvalue weighted by Crippen LogP contribution is -2.15. The third kappa shape index (κ3) is 4.71. The van der Waals surface area contributed by atoms with E-state index in [9.17, 15) is 4.79 Å². The van der Waals surface area contributed by atoms with E-state index >= 15 is 0 Å². The minimum absolute atomic E-state index is 0.759. The zero-order valence-electron chi connectivity index (χ0n) is 11.9. The zero-order chi connectivity index (χ0) is 14.4.